The van der Waals surface area contributed by atoms with Gasteiger partial charge < -0.3 is 10.0 Å². The summed E-state index contributed by atoms with van der Waals surface area (Å²) in [6, 6.07) is 13.2. The van der Waals surface area contributed by atoms with Crippen molar-refractivity contribution in [3.63, 3.8) is 0 Å². The zero-order valence-corrected chi connectivity index (χ0v) is 16.7. The van der Waals surface area contributed by atoms with E-state index in [0.717, 1.165) is 17.4 Å². The van der Waals surface area contributed by atoms with E-state index < -0.39 is 21.1 Å². The van der Waals surface area contributed by atoms with Crippen LogP contribution in [0.15, 0.2) is 59.5 Å². The molecule has 0 bridgehead atoms. The molecule has 0 aromatic heterocycles. The number of nitro benzene ring substituents is 1. The maximum atomic E-state index is 13.2. The van der Waals surface area contributed by atoms with E-state index in [2.05, 4.69) is 0 Å². The Labute approximate surface area is 165 Å². The molecule has 2 aromatic carbocycles. The fourth-order valence-corrected chi connectivity index (χ4v) is 4.37. The van der Waals surface area contributed by atoms with E-state index in [4.69, 9.17) is 0 Å². The topological polar surface area (TPSA) is 104 Å². The molecule has 0 heterocycles. The van der Waals surface area contributed by atoms with Crippen LogP contribution in [-0.2, 0) is 10.0 Å². The molecule has 28 heavy (non-hydrogen) atoms. The second-order valence-corrected chi connectivity index (χ2v) is 8.13. The Morgan fingerprint density at radius 2 is 1.68 bits per heavy atom. The van der Waals surface area contributed by atoms with Gasteiger partial charge in [-0.1, -0.05) is 38.1 Å². The molecular weight excluding hydrogens is 382 g/mol. The molecule has 9 heteroatoms. The van der Waals surface area contributed by atoms with Crippen LogP contribution in [0.4, 0.5) is 11.4 Å². The summed E-state index contributed by atoms with van der Waals surface area (Å²) in [6.45, 7) is 5.42. The van der Waals surface area contributed by atoms with Crippen LogP contribution in [0, 0.1) is 10.1 Å². The molecule has 0 unspecified atom stereocenters. The molecule has 1 N–H and O–H groups in total. The average molecular weight is 407 g/mol. The Kier molecular flexibility index (Phi) is 7.50. The molecule has 1 atom stereocenters. The first-order valence-corrected chi connectivity index (χ1v) is 10.5. The predicted molar refractivity (Wildman–Crippen MR) is 108 cm³/mol. The molecule has 0 saturated heterocycles. The molecule has 0 saturated carbocycles. The molecule has 0 radical (unpaired) electrons. The summed E-state index contributed by atoms with van der Waals surface area (Å²) in [4.78, 5) is 12.6. The number of nitro groups is 1. The Balaban J connectivity index is 2.44. The highest BCUT2D eigenvalue weighted by atomic mass is 32.2. The van der Waals surface area contributed by atoms with Crippen molar-refractivity contribution in [2.75, 3.05) is 30.5 Å². The number of hydrogen-bond donors (Lipinski definition) is 1. The summed E-state index contributed by atoms with van der Waals surface area (Å²) in [5, 5.41) is 21.6. The van der Waals surface area contributed by atoms with Crippen LogP contribution in [-0.4, -0.2) is 55.6 Å². The standard InChI is InChI=1S/C19H25N3O5S/c1-3-20(4-2)14-18(23)15-21(16-9-8-10-17(13-16)22(24)25)28(26,27)19-11-6-5-7-12-19/h5-13,18,23H,3-4,14-15H2,1-2H3/t18-/m1/s1. The summed E-state index contributed by atoms with van der Waals surface area (Å²) >= 11 is 0. The van der Waals surface area contributed by atoms with Crippen molar-refractivity contribution < 1.29 is 18.4 Å². The first-order chi connectivity index (χ1) is 13.3. The predicted octanol–water partition coefficient (Wildman–Crippen LogP) is 2.49. The van der Waals surface area contributed by atoms with Crippen LogP contribution in [0.2, 0.25) is 0 Å². The third kappa shape index (κ3) is 5.28. The largest absolute Gasteiger partial charge is 0.390 e. The minimum Gasteiger partial charge on any atom is -0.390 e. The van der Waals surface area contributed by atoms with Crippen LogP contribution in [0.5, 0.6) is 0 Å². The van der Waals surface area contributed by atoms with Gasteiger partial charge in [0, 0.05) is 18.7 Å². The van der Waals surface area contributed by atoms with Crippen molar-refractivity contribution in [1.29, 1.82) is 0 Å². The number of hydrogen-bond acceptors (Lipinski definition) is 6. The quantitative estimate of drug-likeness (QED) is 0.479. The van der Waals surface area contributed by atoms with E-state index in [1.54, 1.807) is 18.2 Å². The van der Waals surface area contributed by atoms with Gasteiger partial charge in [-0.3, -0.25) is 14.4 Å². The van der Waals surface area contributed by atoms with Crippen molar-refractivity contribution in [3.8, 4) is 0 Å². The number of nitrogens with zero attached hydrogens (tertiary/aromatic N) is 3. The lowest BCUT2D eigenvalue weighted by molar-refractivity contribution is -0.384. The first-order valence-electron chi connectivity index (χ1n) is 9.02. The molecule has 152 valence electrons. The van der Waals surface area contributed by atoms with Crippen molar-refractivity contribution in [2.24, 2.45) is 0 Å². The van der Waals surface area contributed by atoms with Gasteiger partial charge in [0.25, 0.3) is 15.7 Å². The number of non-ortho nitro benzene ring substituents is 1. The van der Waals surface area contributed by atoms with Gasteiger partial charge in [0.1, 0.15) is 0 Å². The molecular formula is C19H25N3O5S. The van der Waals surface area contributed by atoms with E-state index >= 15 is 0 Å². The number of likely N-dealkylation sites (N-methyl/N-ethyl adjacent to an activating group) is 1. The molecule has 2 aromatic rings. The van der Waals surface area contributed by atoms with Gasteiger partial charge in [-0.15, -0.1) is 0 Å². The van der Waals surface area contributed by atoms with E-state index in [-0.39, 0.29) is 22.8 Å². The van der Waals surface area contributed by atoms with Crippen LogP contribution in [0.3, 0.4) is 0 Å². The lowest BCUT2D eigenvalue weighted by Crippen LogP contribution is -2.43. The third-order valence-electron chi connectivity index (χ3n) is 4.40. The summed E-state index contributed by atoms with van der Waals surface area (Å²) in [5.41, 5.74) is -0.0827. The maximum absolute atomic E-state index is 13.2. The van der Waals surface area contributed by atoms with Crippen molar-refractivity contribution >= 4 is 21.4 Å². The van der Waals surface area contributed by atoms with Crippen molar-refractivity contribution in [1.82, 2.24) is 4.90 Å². The number of aliphatic hydroxyl groups excluding tert-OH is 1. The van der Waals surface area contributed by atoms with Gasteiger partial charge in [-0.25, -0.2) is 8.42 Å². The zero-order valence-electron chi connectivity index (χ0n) is 15.9. The second-order valence-electron chi connectivity index (χ2n) is 6.27. The Morgan fingerprint density at radius 3 is 2.25 bits per heavy atom. The monoisotopic (exact) mass is 407 g/mol. The van der Waals surface area contributed by atoms with Crippen LogP contribution in [0.25, 0.3) is 0 Å². The highest BCUT2D eigenvalue weighted by Crippen LogP contribution is 2.27. The summed E-state index contributed by atoms with van der Waals surface area (Å²) in [6.07, 6.45) is -0.961. The number of anilines is 1. The van der Waals surface area contributed by atoms with Gasteiger partial charge >= 0.3 is 0 Å². The smallest absolute Gasteiger partial charge is 0.271 e. The van der Waals surface area contributed by atoms with Crippen molar-refractivity contribution in [3.05, 3.63) is 64.7 Å². The number of sulfonamides is 1. The second kappa shape index (κ2) is 9.63. The first kappa shape index (κ1) is 21.8. The molecule has 0 aliphatic rings. The summed E-state index contributed by atoms with van der Waals surface area (Å²) < 4.78 is 27.4. The molecule has 0 amide bonds. The zero-order chi connectivity index (χ0) is 20.7. The minimum atomic E-state index is -4.01. The molecule has 8 nitrogen and oxygen atoms in total. The highest BCUT2D eigenvalue weighted by Gasteiger charge is 2.28. The normalized spacial score (nSPS) is 12.7. The van der Waals surface area contributed by atoms with E-state index in [0.29, 0.717) is 6.54 Å². The van der Waals surface area contributed by atoms with E-state index in [9.17, 15) is 23.6 Å². The van der Waals surface area contributed by atoms with Crippen LogP contribution < -0.4 is 4.31 Å². The van der Waals surface area contributed by atoms with Gasteiger partial charge in [-0.2, -0.15) is 0 Å². The average Bonchev–Trinajstić information content (AvgIpc) is 2.70. The summed E-state index contributed by atoms with van der Waals surface area (Å²) in [5.74, 6) is 0. The summed E-state index contributed by atoms with van der Waals surface area (Å²) in [7, 11) is -4.01. The van der Waals surface area contributed by atoms with E-state index in [1.807, 2.05) is 18.7 Å². The third-order valence-corrected chi connectivity index (χ3v) is 6.21. The fourth-order valence-electron chi connectivity index (χ4n) is 2.85. The van der Waals surface area contributed by atoms with Crippen LogP contribution >= 0.6 is 0 Å². The minimum absolute atomic E-state index is 0.0524. The number of benzene rings is 2. The molecule has 2 rings (SSSR count). The number of rotatable bonds is 10. The van der Waals surface area contributed by atoms with E-state index in [1.165, 1.54) is 36.4 Å². The Bertz CT molecular complexity index is 885. The van der Waals surface area contributed by atoms with Gasteiger partial charge in [0.05, 0.1) is 28.2 Å². The molecule has 0 aliphatic carbocycles. The Hall–Kier alpha value is -2.49. The van der Waals surface area contributed by atoms with Gasteiger partial charge in [0.15, 0.2) is 0 Å². The molecule has 0 spiro atoms. The van der Waals surface area contributed by atoms with Gasteiger partial charge in [0.2, 0.25) is 0 Å². The lowest BCUT2D eigenvalue weighted by Gasteiger charge is -2.29. The van der Waals surface area contributed by atoms with Crippen molar-refractivity contribution in [2.45, 2.75) is 24.8 Å². The number of aliphatic hydroxyl groups is 1. The molecule has 0 fully saturated rings. The Morgan fingerprint density at radius 1 is 1.04 bits per heavy atom. The highest BCUT2D eigenvalue weighted by molar-refractivity contribution is 7.92. The van der Waals surface area contributed by atoms with Crippen LogP contribution in [0.1, 0.15) is 13.8 Å². The SMILES string of the molecule is CCN(CC)C[C@@H](O)CN(c1cccc([N+](=O)[O-])c1)S(=O)(=O)c1ccccc1. The van der Waals surface area contributed by atoms with Gasteiger partial charge in [-0.05, 0) is 31.3 Å². The fraction of sp³-hybridized carbons (Fsp3) is 0.368. The maximum Gasteiger partial charge on any atom is 0.271 e. The lowest BCUT2D eigenvalue weighted by atomic mass is 10.2. The molecule has 0 aliphatic heterocycles.